The van der Waals surface area contributed by atoms with Crippen molar-refractivity contribution in [3.63, 3.8) is 0 Å². The van der Waals surface area contributed by atoms with E-state index >= 15 is 0 Å². The van der Waals surface area contributed by atoms with Gasteiger partial charge in [0.15, 0.2) is 5.79 Å². The minimum Gasteiger partial charge on any atom is -0.391 e. The van der Waals surface area contributed by atoms with Crippen molar-refractivity contribution in [2.45, 2.75) is 44.6 Å². The van der Waals surface area contributed by atoms with Crippen molar-refractivity contribution in [2.24, 2.45) is 0 Å². The average molecular weight is 306 g/mol. The fraction of sp³-hybridized carbons (Fsp3) is 0.667. The first-order valence-electron chi connectivity index (χ1n) is 6.28. The highest BCUT2D eigenvalue weighted by Crippen LogP contribution is 2.16. The van der Waals surface area contributed by atoms with Crippen LogP contribution in [0.5, 0.6) is 0 Å². The molecule has 0 spiro atoms. The van der Waals surface area contributed by atoms with Crippen molar-refractivity contribution < 1.29 is 24.4 Å². The molecule has 0 saturated heterocycles. The Bertz CT molecular complexity index is 564. The summed E-state index contributed by atoms with van der Waals surface area (Å²) in [4.78, 5) is 24.1. The lowest BCUT2D eigenvalue weighted by Crippen LogP contribution is -2.37. The van der Waals surface area contributed by atoms with E-state index in [4.69, 9.17) is 4.74 Å². The molecule has 3 atom stereocenters. The highest BCUT2D eigenvalue weighted by atomic mass is 19.1. The molecule has 8 nitrogen and oxygen atoms in total. The molecule has 0 aliphatic carbocycles. The molecule has 0 bridgehead atoms. The minimum absolute atomic E-state index is 0.312. The Kier molecular flexibility index (Phi) is 5.78. The summed E-state index contributed by atoms with van der Waals surface area (Å²) < 4.78 is 19.3. The van der Waals surface area contributed by atoms with Crippen LogP contribution in [0.1, 0.15) is 26.6 Å². The number of halogens is 1. The number of H-pyrrole nitrogens is 1. The zero-order valence-corrected chi connectivity index (χ0v) is 11.7. The zero-order chi connectivity index (χ0) is 16.2. The zero-order valence-electron chi connectivity index (χ0n) is 11.7. The van der Waals surface area contributed by atoms with Gasteiger partial charge in [0.2, 0.25) is 6.30 Å². The van der Waals surface area contributed by atoms with Gasteiger partial charge in [-0.25, -0.2) is 9.18 Å². The van der Waals surface area contributed by atoms with E-state index in [2.05, 4.69) is 0 Å². The van der Waals surface area contributed by atoms with Crippen LogP contribution in [0.4, 0.5) is 4.39 Å². The molecular formula is C12H19FN2O6. The van der Waals surface area contributed by atoms with E-state index in [0.717, 1.165) is 12.3 Å². The van der Waals surface area contributed by atoms with Crippen LogP contribution in [0.3, 0.4) is 0 Å². The third-order valence-electron chi connectivity index (χ3n) is 2.58. The summed E-state index contributed by atoms with van der Waals surface area (Å²) in [5, 5.41) is 28.5. The van der Waals surface area contributed by atoms with Gasteiger partial charge in [0.05, 0.1) is 12.7 Å². The van der Waals surface area contributed by atoms with Crippen LogP contribution in [0.2, 0.25) is 0 Å². The molecule has 0 fully saturated rings. The first-order valence-corrected chi connectivity index (χ1v) is 6.28. The Morgan fingerprint density at radius 2 is 2.05 bits per heavy atom. The van der Waals surface area contributed by atoms with Gasteiger partial charge in [-0.1, -0.05) is 0 Å². The van der Waals surface area contributed by atoms with Crippen LogP contribution in [0.15, 0.2) is 21.9 Å². The van der Waals surface area contributed by atoms with Crippen molar-refractivity contribution in [1.29, 1.82) is 0 Å². The van der Waals surface area contributed by atoms with Crippen molar-refractivity contribution in [1.82, 2.24) is 9.55 Å². The Morgan fingerprint density at radius 1 is 1.43 bits per heavy atom. The molecule has 0 aliphatic rings. The molecule has 1 rings (SSSR count). The third-order valence-corrected chi connectivity index (χ3v) is 2.58. The van der Waals surface area contributed by atoms with E-state index in [9.17, 15) is 29.3 Å². The predicted molar refractivity (Wildman–Crippen MR) is 70.3 cm³/mol. The second-order valence-electron chi connectivity index (χ2n) is 5.10. The molecule has 0 saturated carbocycles. The van der Waals surface area contributed by atoms with Gasteiger partial charge < -0.3 is 20.1 Å². The van der Waals surface area contributed by atoms with Crippen LogP contribution in [0.25, 0.3) is 0 Å². The summed E-state index contributed by atoms with van der Waals surface area (Å²) >= 11 is 0. The first kappa shape index (κ1) is 17.5. The smallest absolute Gasteiger partial charge is 0.330 e. The number of aliphatic hydroxyl groups excluding tert-OH is 2. The molecule has 21 heavy (non-hydrogen) atoms. The highest BCUT2D eigenvalue weighted by molar-refractivity contribution is 4.85. The summed E-state index contributed by atoms with van der Waals surface area (Å²) in [7, 11) is 0. The van der Waals surface area contributed by atoms with E-state index in [0.29, 0.717) is 4.57 Å². The molecule has 1 aromatic rings. The normalized spacial score (nSPS) is 16.5. The van der Waals surface area contributed by atoms with Gasteiger partial charge in [-0.05, 0) is 13.8 Å². The van der Waals surface area contributed by atoms with E-state index in [1.54, 1.807) is 0 Å². The molecule has 0 aromatic carbocycles. The Labute approximate surface area is 119 Å². The molecule has 0 amide bonds. The number of aromatic amines is 1. The number of ether oxygens (including phenoxy) is 1. The van der Waals surface area contributed by atoms with E-state index in [1.807, 2.05) is 4.98 Å². The molecule has 9 heteroatoms. The Balaban J connectivity index is 2.64. The number of nitrogens with zero attached hydrogens (tertiary/aromatic N) is 1. The Morgan fingerprint density at radius 3 is 2.57 bits per heavy atom. The largest absolute Gasteiger partial charge is 0.391 e. The maximum absolute atomic E-state index is 13.9. The van der Waals surface area contributed by atoms with E-state index in [-0.39, 0.29) is 6.61 Å². The summed E-state index contributed by atoms with van der Waals surface area (Å²) in [6, 6.07) is 0.939. The number of nitrogens with one attached hydrogen (secondary N) is 1. The number of alkyl halides is 1. The number of hydrogen-bond acceptors (Lipinski definition) is 6. The van der Waals surface area contributed by atoms with Crippen molar-refractivity contribution in [3.05, 3.63) is 33.1 Å². The minimum atomic E-state index is -2.13. The van der Waals surface area contributed by atoms with Crippen molar-refractivity contribution >= 4 is 0 Å². The maximum Gasteiger partial charge on any atom is 0.330 e. The molecule has 0 radical (unpaired) electrons. The number of aliphatic hydroxyl groups is 3. The quantitative estimate of drug-likeness (QED) is 0.472. The standard InChI is InChI=1S/C12H19FN2O6/c1-12(2,20)21-6-7(16)5-8(17)10(13)15-4-3-9(18)14-11(15)19/h3-4,7-8,10,16-17,20H,5-6H2,1-2H3,(H,14,18,19)/t7?,8-,10-/m1/s1. The third kappa shape index (κ3) is 5.76. The first-order chi connectivity index (χ1) is 9.60. The summed E-state index contributed by atoms with van der Waals surface area (Å²) in [5.74, 6) is -1.46. The molecule has 0 aliphatic heterocycles. The van der Waals surface area contributed by atoms with Crippen LogP contribution >= 0.6 is 0 Å². The summed E-state index contributed by atoms with van der Waals surface area (Å²) in [5.41, 5.74) is -1.69. The molecule has 1 heterocycles. The SMILES string of the molecule is CC(C)(O)OCC(O)C[C@@H](O)[C@H](F)n1ccc(=O)[nH]c1=O. The molecule has 1 aromatic heterocycles. The van der Waals surface area contributed by atoms with Crippen molar-refractivity contribution in [2.75, 3.05) is 6.61 Å². The summed E-state index contributed by atoms with van der Waals surface area (Å²) in [6.45, 7) is 2.40. The van der Waals surface area contributed by atoms with Gasteiger partial charge in [-0.2, -0.15) is 0 Å². The lowest BCUT2D eigenvalue weighted by Gasteiger charge is -2.23. The van der Waals surface area contributed by atoms with Gasteiger partial charge in [0, 0.05) is 18.7 Å². The fourth-order valence-electron chi connectivity index (χ4n) is 1.57. The van der Waals surface area contributed by atoms with E-state index < -0.39 is 42.0 Å². The van der Waals surface area contributed by atoms with E-state index in [1.165, 1.54) is 13.8 Å². The van der Waals surface area contributed by atoms with Gasteiger partial charge in [-0.15, -0.1) is 0 Å². The van der Waals surface area contributed by atoms with Crippen LogP contribution in [0, 0.1) is 0 Å². The monoisotopic (exact) mass is 306 g/mol. The number of aromatic nitrogens is 2. The van der Waals surface area contributed by atoms with Gasteiger partial charge >= 0.3 is 5.69 Å². The maximum atomic E-state index is 13.9. The lowest BCUT2D eigenvalue weighted by atomic mass is 10.1. The topological polar surface area (TPSA) is 125 Å². The predicted octanol–water partition coefficient (Wildman–Crippen LogP) is -1.14. The van der Waals surface area contributed by atoms with Crippen molar-refractivity contribution in [3.8, 4) is 0 Å². The second kappa shape index (κ2) is 6.94. The van der Waals surface area contributed by atoms with Crippen LogP contribution in [-0.4, -0.2) is 49.5 Å². The van der Waals surface area contributed by atoms with Gasteiger partial charge in [-0.3, -0.25) is 14.3 Å². The van der Waals surface area contributed by atoms with Gasteiger partial charge in [0.1, 0.15) is 6.10 Å². The summed E-state index contributed by atoms with van der Waals surface area (Å²) in [6.07, 6.45) is -4.55. The van der Waals surface area contributed by atoms with Crippen LogP contribution < -0.4 is 11.2 Å². The average Bonchev–Trinajstić information content (AvgIpc) is 2.34. The van der Waals surface area contributed by atoms with Gasteiger partial charge in [0.25, 0.3) is 5.56 Å². The molecular weight excluding hydrogens is 287 g/mol. The molecule has 120 valence electrons. The molecule has 4 N–H and O–H groups in total. The van der Waals surface area contributed by atoms with Crippen LogP contribution in [-0.2, 0) is 4.74 Å². The number of hydrogen-bond donors (Lipinski definition) is 4. The fourth-order valence-corrected chi connectivity index (χ4v) is 1.57. The highest BCUT2D eigenvalue weighted by Gasteiger charge is 2.25. The number of rotatable bonds is 7. The molecule has 1 unspecified atom stereocenters. The lowest BCUT2D eigenvalue weighted by molar-refractivity contribution is -0.193. The Hall–Kier alpha value is -1.55. The second-order valence-corrected chi connectivity index (χ2v) is 5.10.